The Morgan fingerprint density at radius 1 is 1.10 bits per heavy atom. The summed E-state index contributed by atoms with van der Waals surface area (Å²) in [5.41, 5.74) is -0.0457. The number of piperazine rings is 1. The van der Waals surface area contributed by atoms with Gasteiger partial charge in [-0.15, -0.1) is 5.10 Å². The maximum Gasteiger partial charge on any atom is 0.417 e. The van der Waals surface area contributed by atoms with E-state index >= 15 is 0 Å². The number of hydrogen-bond donors (Lipinski definition) is 0. The first-order valence-corrected chi connectivity index (χ1v) is 10.7. The average Bonchev–Trinajstić information content (AvgIpc) is 3.19. The smallest absolute Gasteiger partial charge is 0.354 e. The highest BCUT2D eigenvalue weighted by Crippen LogP contribution is 2.30. The topological polar surface area (TPSA) is 65.5 Å². The van der Waals surface area contributed by atoms with Crippen LogP contribution in [0.5, 0.6) is 0 Å². The molecule has 2 aliphatic rings. The Labute approximate surface area is 176 Å². The number of amides is 1. The fourth-order valence-corrected chi connectivity index (χ4v) is 4.69. The molecule has 4 heterocycles. The monoisotopic (exact) mass is 440 g/mol. The van der Waals surface area contributed by atoms with Gasteiger partial charge in [-0.25, -0.2) is 4.98 Å². The molecule has 1 amide bonds. The van der Waals surface area contributed by atoms with Gasteiger partial charge in [-0.3, -0.25) is 9.69 Å². The zero-order valence-corrected chi connectivity index (χ0v) is 17.4. The van der Waals surface area contributed by atoms with Crippen molar-refractivity contribution in [1.29, 1.82) is 0 Å². The molecule has 2 aliphatic heterocycles. The molecule has 0 saturated carbocycles. The lowest BCUT2D eigenvalue weighted by atomic mass is 10.0. The number of hydrogen-bond acceptors (Lipinski definition) is 7. The summed E-state index contributed by atoms with van der Waals surface area (Å²) in [6.45, 7) is 6.34. The van der Waals surface area contributed by atoms with Crippen LogP contribution < -0.4 is 4.90 Å². The Hall–Kier alpha value is -2.27. The second-order valence-corrected chi connectivity index (χ2v) is 8.39. The first-order valence-electron chi connectivity index (χ1n) is 9.93. The van der Waals surface area contributed by atoms with Gasteiger partial charge in [0.2, 0.25) is 0 Å². The number of rotatable bonds is 3. The molecule has 2 saturated heterocycles. The summed E-state index contributed by atoms with van der Waals surface area (Å²) in [6.07, 6.45) is -1.64. The van der Waals surface area contributed by atoms with Crippen molar-refractivity contribution in [2.24, 2.45) is 0 Å². The lowest BCUT2D eigenvalue weighted by molar-refractivity contribution is -0.137. The van der Waals surface area contributed by atoms with Crippen LogP contribution in [0, 0.1) is 6.92 Å². The van der Waals surface area contributed by atoms with Gasteiger partial charge < -0.3 is 9.80 Å². The van der Waals surface area contributed by atoms with Crippen LogP contribution in [0.1, 0.15) is 33.8 Å². The number of aromatic nitrogens is 3. The molecule has 30 heavy (non-hydrogen) atoms. The third-order valence-electron chi connectivity index (χ3n) is 5.83. The number of alkyl halides is 3. The Morgan fingerprint density at radius 2 is 1.80 bits per heavy atom. The van der Waals surface area contributed by atoms with Gasteiger partial charge in [0.05, 0.1) is 11.3 Å². The lowest BCUT2D eigenvalue weighted by Gasteiger charge is -2.43. The van der Waals surface area contributed by atoms with Crippen LogP contribution in [0.25, 0.3) is 0 Å². The molecule has 0 atom stereocenters. The van der Waals surface area contributed by atoms with Crippen molar-refractivity contribution in [3.05, 3.63) is 34.5 Å². The minimum atomic E-state index is -4.37. The molecular formula is C19H23F3N6OS. The van der Waals surface area contributed by atoms with Gasteiger partial charge in [0.15, 0.2) is 0 Å². The average molecular weight is 440 g/mol. The largest absolute Gasteiger partial charge is 0.417 e. The van der Waals surface area contributed by atoms with Gasteiger partial charge >= 0.3 is 6.18 Å². The van der Waals surface area contributed by atoms with Crippen LogP contribution in [-0.4, -0.2) is 75.6 Å². The van der Waals surface area contributed by atoms with E-state index in [4.69, 9.17) is 0 Å². The molecule has 0 N–H and O–H groups in total. The van der Waals surface area contributed by atoms with Crippen molar-refractivity contribution in [1.82, 2.24) is 24.4 Å². The summed E-state index contributed by atoms with van der Waals surface area (Å²) >= 11 is 1.14. The quantitative estimate of drug-likeness (QED) is 0.731. The SMILES string of the molecule is Cc1nnsc1C(=O)N1CCC(N2CCN(c3ccc(C(F)(F)F)cn3)CC2)CC1. The van der Waals surface area contributed by atoms with E-state index in [1.165, 1.54) is 6.07 Å². The van der Waals surface area contributed by atoms with E-state index in [9.17, 15) is 18.0 Å². The fourth-order valence-electron chi connectivity index (χ4n) is 4.06. The van der Waals surface area contributed by atoms with Crippen LogP contribution in [-0.2, 0) is 6.18 Å². The van der Waals surface area contributed by atoms with Crippen molar-refractivity contribution in [3.8, 4) is 0 Å². The van der Waals surface area contributed by atoms with E-state index in [-0.39, 0.29) is 5.91 Å². The van der Waals surface area contributed by atoms with E-state index in [2.05, 4.69) is 19.5 Å². The molecule has 0 radical (unpaired) electrons. The van der Waals surface area contributed by atoms with Crippen molar-refractivity contribution in [3.63, 3.8) is 0 Å². The van der Waals surface area contributed by atoms with Crippen LogP contribution in [0.3, 0.4) is 0 Å². The molecule has 2 aromatic rings. The highest BCUT2D eigenvalue weighted by Gasteiger charge is 2.32. The minimum absolute atomic E-state index is 0.0131. The van der Waals surface area contributed by atoms with E-state index in [1.807, 2.05) is 9.80 Å². The number of halogens is 3. The number of anilines is 1. The molecule has 0 spiro atoms. The Kier molecular flexibility index (Phi) is 5.92. The van der Waals surface area contributed by atoms with E-state index in [0.29, 0.717) is 35.5 Å². The highest BCUT2D eigenvalue weighted by molar-refractivity contribution is 7.07. The number of pyridine rings is 1. The predicted molar refractivity (Wildman–Crippen MR) is 107 cm³/mol. The maximum atomic E-state index is 12.7. The molecule has 0 aliphatic carbocycles. The number of nitrogens with zero attached hydrogens (tertiary/aromatic N) is 6. The fraction of sp³-hybridized carbons (Fsp3) is 0.579. The summed E-state index contributed by atoms with van der Waals surface area (Å²) in [4.78, 5) is 23.5. The van der Waals surface area contributed by atoms with Gasteiger partial charge in [-0.05, 0) is 43.4 Å². The van der Waals surface area contributed by atoms with E-state index < -0.39 is 11.7 Å². The Balaban J connectivity index is 1.27. The summed E-state index contributed by atoms with van der Waals surface area (Å²) in [5.74, 6) is 0.593. The van der Waals surface area contributed by atoms with Crippen molar-refractivity contribution >= 4 is 23.3 Å². The van der Waals surface area contributed by atoms with Gasteiger partial charge in [-0.1, -0.05) is 4.49 Å². The molecule has 7 nitrogen and oxygen atoms in total. The number of aryl methyl sites for hydroxylation is 1. The Morgan fingerprint density at radius 3 is 2.33 bits per heavy atom. The zero-order valence-electron chi connectivity index (χ0n) is 16.6. The lowest BCUT2D eigenvalue weighted by Crippen LogP contribution is -2.54. The highest BCUT2D eigenvalue weighted by atomic mass is 32.1. The molecule has 0 bridgehead atoms. The van der Waals surface area contributed by atoms with Crippen LogP contribution in [0.2, 0.25) is 0 Å². The van der Waals surface area contributed by atoms with Gasteiger partial charge in [0, 0.05) is 51.5 Å². The van der Waals surface area contributed by atoms with Crippen LogP contribution in [0.4, 0.5) is 19.0 Å². The summed E-state index contributed by atoms with van der Waals surface area (Å²) in [7, 11) is 0. The van der Waals surface area contributed by atoms with E-state index in [0.717, 1.165) is 62.8 Å². The minimum Gasteiger partial charge on any atom is -0.354 e. The van der Waals surface area contributed by atoms with Gasteiger partial charge in [-0.2, -0.15) is 13.2 Å². The number of likely N-dealkylation sites (tertiary alicyclic amines) is 1. The molecule has 2 aromatic heterocycles. The first-order chi connectivity index (χ1) is 14.3. The normalized spacial score (nSPS) is 19.3. The number of piperidine rings is 1. The van der Waals surface area contributed by atoms with Gasteiger partial charge in [0.1, 0.15) is 10.7 Å². The molecule has 2 fully saturated rings. The van der Waals surface area contributed by atoms with E-state index in [1.54, 1.807) is 6.92 Å². The Bertz CT molecular complexity index is 871. The van der Waals surface area contributed by atoms with Crippen molar-refractivity contribution in [2.75, 3.05) is 44.2 Å². The molecule has 0 unspecified atom stereocenters. The molecule has 162 valence electrons. The zero-order chi connectivity index (χ0) is 21.3. The van der Waals surface area contributed by atoms with Crippen molar-refractivity contribution < 1.29 is 18.0 Å². The van der Waals surface area contributed by atoms with Crippen LogP contribution >= 0.6 is 11.5 Å². The third-order valence-corrected chi connectivity index (χ3v) is 6.64. The molecular weight excluding hydrogens is 417 g/mol. The maximum absolute atomic E-state index is 12.7. The summed E-state index contributed by atoms with van der Waals surface area (Å²) in [6, 6.07) is 2.94. The predicted octanol–water partition coefficient (Wildman–Crippen LogP) is 2.69. The second kappa shape index (κ2) is 8.46. The summed E-state index contributed by atoms with van der Waals surface area (Å²) < 4.78 is 42.0. The number of carbonyl (C=O) groups excluding carboxylic acids is 1. The molecule has 0 aromatic carbocycles. The third kappa shape index (κ3) is 4.41. The molecule has 4 rings (SSSR count). The molecule has 11 heteroatoms. The summed E-state index contributed by atoms with van der Waals surface area (Å²) in [5, 5.41) is 3.92. The van der Waals surface area contributed by atoms with Crippen molar-refractivity contribution in [2.45, 2.75) is 32.0 Å². The number of carbonyl (C=O) groups is 1. The van der Waals surface area contributed by atoms with Gasteiger partial charge in [0.25, 0.3) is 5.91 Å². The second-order valence-electron chi connectivity index (χ2n) is 7.64. The standard InChI is InChI=1S/C19H23F3N6OS/c1-13-17(30-25-24-13)18(29)28-6-4-15(5-7-28)26-8-10-27(11-9-26)16-3-2-14(12-23-16)19(20,21)22/h2-3,12,15H,4-11H2,1H3. The van der Waals surface area contributed by atoms with Crippen LogP contribution in [0.15, 0.2) is 18.3 Å². The first kappa shape index (κ1) is 21.0.